The minimum absolute atomic E-state index is 0.158. The van der Waals surface area contributed by atoms with E-state index in [-0.39, 0.29) is 12.5 Å². The summed E-state index contributed by atoms with van der Waals surface area (Å²) in [4.78, 5) is 13.4. The molecule has 1 heterocycles. The molecule has 4 nitrogen and oxygen atoms in total. The summed E-state index contributed by atoms with van der Waals surface area (Å²) in [6.07, 6.45) is 4.47. The molecule has 0 aromatic carbocycles. The minimum Gasteiger partial charge on any atom is -0.396 e. The fourth-order valence-electron chi connectivity index (χ4n) is 2.56. The number of rotatable bonds is 4. The molecule has 4 heteroatoms. The van der Waals surface area contributed by atoms with Crippen molar-refractivity contribution in [3.05, 3.63) is 0 Å². The lowest BCUT2D eigenvalue weighted by molar-refractivity contribution is -0.131. The Morgan fingerprint density at radius 2 is 2.12 bits per heavy atom. The standard InChI is InChI=1S/C12H22N2O2/c1-9(16)14-7-10(4-5-15)6-12(8-14)13-11-2-3-11/h10-13,15H,2-8H2,1H3. The van der Waals surface area contributed by atoms with Gasteiger partial charge in [0.25, 0.3) is 0 Å². The van der Waals surface area contributed by atoms with E-state index in [9.17, 15) is 4.79 Å². The first-order valence-corrected chi connectivity index (χ1v) is 6.31. The number of aliphatic hydroxyl groups excluding tert-OH is 1. The van der Waals surface area contributed by atoms with Crippen LogP contribution in [0.15, 0.2) is 0 Å². The first-order valence-electron chi connectivity index (χ1n) is 6.31. The molecule has 2 rings (SSSR count). The Kier molecular flexibility index (Phi) is 3.82. The molecular formula is C12H22N2O2. The zero-order chi connectivity index (χ0) is 11.5. The van der Waals surface area contributed by atoms with Gasteiger partial charge in [0.15, 0.2) is 0 Å². The van der Waals surface area contributed by atoms with Crippen molar-refractivity contribution in [1.29, 1.82) is 0 Å². The Hall–Kier alpha value is -0.610. The van der Waals surface area contributed by atoms with Gasteiger partial charge in [0.1, 0.15) is 0 Å². The number of amides is 1. The molecule has 16 heavy (non-hydrogen) atoms. The van der Waals surface area contributed by atoms with Gasteiger partial charge < -0.3 is 15.3 Å². The van der Waals surface area contributed by atoms with Crippen molar-refractivity contribution in [3.8, 4) is 0 Å². The zero-order valence-corrected chi connectivity index (χ0v) is 9.98. The highest BCUT2D eigenvalue weighted by molar-refractivity contribution is 5.73. The van der Waals surface area contributed by atoms with Crippen molar-refractivity contribution in [2.24, 2.45) is 5.92 Å². The lowest BCUT2D eigenvalue weighted by atomic mass is 9.91. The molecule has 0 bridgehead atoms. The second-order valence-electron chi connectivity index (χ2n) is 5.18. The third-order valence-corrected chi connectivity index (χ3v) is 3.57. The summed E-state index contributed by atoms with van der Waals surface area (Å²) in [5.74, 6) is 0.615. The van der Waals surface area contributed by atoms with Gasteiger partial charge in [-0.05, 0) is 31.6 Å². The number of carbonyl (C=O) groups excluding carboxylic acids is 1. The van der Waals surface area contributed by atoms with Crippen LogP contribution in [0.5, 0.6) is 0 Å². The Balaban J connectivity index is 1.89. The number of hydrogen-bond donors (Lipinski definition) is 2. The van der Waals surface area contributed by atoms with Crippen LogP contribution in [0.1, 0.15) is 32.6 Å². The summed E-state index contributed by atoms with van der Waals surface area (Å²) in [5.41, 5.74) is 0. The molecule has 2 N–H and O–H groups in total. The zero-order valence-electron chi connectivity index (χ0n) is 9.98. The fourth-order valence-corrected chi connectivity index (χ4v) is 2.56. The lowest BCUT2D eigenvalue weighted by Crippen LogP contribution is -2.51. The predicted octanol–water partition coefficient (Wildman–Crippen LogP) is 0.358. The molecule has 0 spiro atoms. The molecule has 1 aliphatic heterocycles. The summed E-state index contributed by atoms with van der Waals surface area (Å²) < 4.78 is 0. The van der Waals surface area contributed by atoms with E-state index in [0.29, 0.717) is 18.0 Å². The number of piperidine rings is 1. The van der Waals surface area contributed by atoms with Gasteiger partial charge in [0.05, 0.1) is 0 Å². The van der Waals surface area contributed by atoms with E-state index in [4.69, 9.17) is 5.11 Å². The van der Waals surface area contributed by atoms with E-state index in [0.717, 1.165) is 25.9 Å². The van der Waals surface area contributed by atoms with E-state index in [1.807, 2.05) is 4.90 Å². The molecule has 0 radical (unpaired) electrons. The maximum Gasteiger partial charge on any atom is 0.219 e. The van der Waals surface area contributed by atoms with Gasteiger partial charge in [0, 0.05) is 38.7 Å². The molecule has 0 aromatic rings. The first-order chi connectivity index (χ1) is 7.69. The van der Waals surface area contributed by atoms with Crippen molar-refractivity contribution < 1.29 is 9.90 Å². The third kappa shape index (κ3) is 3.19. The van der Waals surface area contributed by atoms with Gasteiger partial charge in [-0.25, -0.2) is 0 Å². The van der Waals surface area contributed by atoms with Crippen molar-refractivity contribution in [2.45, 2.75) is 44.7 Å². The molecule has 2 atom stereocenters. The minimum atomic E-state index is 0.158. The Morgan fingerprint density at radius 3 is 2.69 bits per heavy atom. The predicted molar refractivity (Wildman–Crippen MR) is 62.0 cm³/mol. The number of nitrogens with one attached hydrogen (secondary N) is 1. The van der Waals surface area contributed by atoms with Crippen LogP contribution < -0.4 is 5.32 Å². The van der Waals surface area contributed by atoms with Crippen molar-refractivity contribution >= 4 is 5.91 Å². The van der Waals surface area contributed by atoms with Crippen LogP contribution in [0.2, 0.25) is 0 Å². The average Bonchev–Trinajstić information content (AvgIpc) is 3.01. The van der Waals surface area contributed by atoms with E-state index < -0.39 is 0 Å². The Bertz CT molecular complexity index is 253. The van der Waals surface area contributed by atoms with Crippen LogP contribution in [-0.4, -0.2) is 47.7 Å². The number of hydrogen-bond acceptors (Lipinski definition) is 3. The van der Waals surface area contributed by atoms with Crippen LogP contribution in [0, 0.1) is 5.92 Å². The number of likely N-dealkylation sites (tertiary alicyclic amines) is 1. The molecule has 2 aliphatic rings. The molecule has 1 saturated heterocycles. The lowest BCUT2D eigenvalue weighted by Gasteiger charge is -2.37. The van der Waals surface area contributed by atoms with Crippen LogP contribution in [-0.2, 0) is 4.79 Å². The second kappa shape index (κ2) is 5.15. The summed E-state index contributed by atoms with van der Waals surface area (Å²) in [6, 6.07) is 1.12. The van der Waals surface area contributed by atoms with Crippen molar-refractivity contribution in [1.82, 2.24) is 10.2 Å². The van der Waals surface area contributed by atoms with Gasteiger partial charge in [-0.2, -0.15) is 0 Å². The van der Waals surface area contributed by atoms with Crippen LogP contribution in [0.3, 0.4) is 0 Å². The maximum atomic E-state index is 11.4. The molecule has 2 fully saturated rings. The van der Waals surface area contributed by atoms with Gasteiger partial charge >= 0.3 is 0 Å². The van der Waals surface area contributed by atoms with Crippen LogP contribution in [0.4, 0.5) is 0 Å². The Morgan fingerprint density at radius 1 is 1.38 bits per heavy atom. The topological polar surface area (TPSA) is 52.6 Å². The van der Waals surface area contributed by atoms with E-state index in [1.165, 1.54) is 12.8 Å². The number of carbonyl (C=O) groups is 1. The molecular weight excluding hydrogens is 204 g/mol. The smallest absolute Gasteiger partial charge is 0.219 e. The van der Waals surface area contributed by atoms with Gasteiger partial charge in [-0.1, -0.05) is 0 Å². The van der Waals surface area contributed by atoms with Crippen molar-refractivity contribution in [3.63, 3.8) is 0 Å². The number of aliphatic hydroxyl groups is 1. The second-order valence-corrected chi connectivity index (χ2v) is 5.18. The summed E-state index contributed by atoms with van der Waals surface area (Å²) >= 11 is 0. The summed E-state index contributed by atoms with van der Waals surface area (Å²) in [7, 11) is 0. The van der Waals surface area contributed by atoms with Crippen LogP contribution in [0.25, 0.3) is 0 Å². The largest absolute Gasteiger partial charge is 0.396 e. The van der Waals surface area contributed by atoms with E-state index in [1.54, 1.807) is 6.92 Å². The molecule has 0 aromatic heterocycles. The molecule has 92 valence electrons. The molecule has 2 unspecified atom stereocenters. The normalized spacial score (nSPS) is 30.5. The molecule has 1 saturated carbocycles. The quantitative estimate of drug-likeness (QED) is 0.727. The summed E-state index contributed by atoms with van der Waals surface area (Å²) in [5, 5.41) is 12.6. The van der Waals surface area contributed by atoms with Gasteiger partial charge in [0.2, 0.25) is 5.91 Å². The number of nitrogens with zero attached hydrogens (tertiary/aromatic N) is 1. The summed E-state index contributed by atoms with van der Waals surface area (Å²) in [6.45, 7) is 3.52. The third-order valence-electron chi connectivity index (χ3n) is 3.57. The molecule has 1 amide bonds. The highest BCUT2D eigenvalue weighted by Gasteiger charge is 2.32. The monoisotopic (exact) mass is 226 g/mol. The fraction of sp³-hybridized carbons (Fsp3) is 0.917. The highest BCUT2D eigenvalue weighted by atomic mass is 16.3. The molecule has 1 aliphatic carbocycles. The van der Waals surface area contributed by atoms with E-state index in [2.05, 4.69) is 5.32 Å². The van der Waals surface area contributed by atoms with Gasteiger partial charge in [-0.15, -0.1) is 0 Å². The van der Waals surface area contributed by atoms with E-state index >= 15 is 0 Å². The van der Waals surface area contributed by atoms with Gasteiger partial charge in [-0.3, -0.25) is 4.79 Å². The first kappa shape index (κ1) is 11.9. The Labute approximate surface area is 97.0 Å². The van der Waals surface area contributed by atoms with Crippen molar-refractivity contribution in [2.75, 3.05) is 19.7 Å². The maximum absolute atomic E-state index is 11.4. The highest BCUT2D eigenvalue weighted by Crippen LogP contribution is 2.25. The van der Waals surface area contributed by atoms with Crippen LogP contribution >= 0.6 is 0 Å². The SMILES string of the molecule is CC(=O)N1CC(CCO)CC(NC2CC2)C1. The average molecular weight is 226 g/mol.